The van der Waals surface area contributed by atoms with Crippen molar-refractivity contribution in [2.75, 3.05) is 6.61 Å². The monoisotopic (exact) mass is 315 g/mol. The fourth-order valence-electron chi connectivity index (χ4n) is 2.05. The van der Waals surface area contributed by atoms with Gasteiger partial charge in [0.15, 0.2) is 0 Å². The van der Waals surface area contributed by atoms with Gasteiger partial charge in [-0.15, -0.1) is 11.3 Å². The van der Waals surface area contributed by atoms with Crippen molar-refractivity contribution in [3.05, 3.63) is 53.4 Å². The van der Waals surface area contributed by atoms with E-state index in [1.807, 2.05) is 54.8 Å². The van der Waals surface area contributed by atoms with E-state index >= 15 is 0 Å². The van der Waals surface area contributed by atoms with E-state index in [2.05, 4.69) is 4.37 Å². The van der Waals surface area contributed by atoms with Gasteiger partial charge < -0.3 is 4.74 Å². The third-order valence-corrected chi connectivity index (χ3v) is 4.74. The summed E-state index contributed by atoms with van der Waals surface area (Å²) in [6.45, 7) is 2.16. The average molecular weight is 315 g/mol. The maximum atomic E-state index is 12.4. The molecule has 0 aliphatic rings. The van der Waals surface area contributed by atoms with Gasteiger partial charge in [0.2, 0.25) is 0 Å². The molecule has 0 radical (unpaired) electrons. The highest BCUT2D eigenvalue weighted by Gasteiger charge is 2.24. The van der Waals surface area contributed by atoms with Crippen LogP contribution in [0.25, 0.3) is 21.0 Å². The third kappa shape index (κ3) is 2.75. The molecule has 1 aromatic carbocycles. The highest BCUT2D eigenvalue weighted by molar-refractivity contribution is 7.14. The van der Waals surface area contributed by atoms with Crippen LogP contribution in [0.1, 0.15) is 17.3 Å². The van der Waals surface area contributed by atoms with E-state index in [1.54, 1.807) is 11.3 Å². The Labute approximate surface area is 131 Å². The normalized spacial score (nSPS) is 10.5. The Hall–Kier alpha value is -1.98. The van der Waals surface area contributed by atoms with Crippen LogP contribution in [-0.2, 0) is 4.74 Å². The quantitative estimate of drug-likeness (QED) is 0.654. The Morgan fingerprint density at radius 1 is 1.19 bits per heavy atom. The van der Waals surface area contributed by atoms with Crippen LogP contribution >= 0.6 is 22.9 Å². The standard InChI is InChI=1S/C16H13NO2S2/c1-2-19-16(18)13-14(12-9-6-10-20-12)17-21-15(13)11-7-4-3-5-8-11/h3-10H,2H2,1H3. The van der Waals surface area contributed by atoms with E-state index in [0.717, 1.165) is 15.3 Å². The number of benzene rings is 1. The van der Waals surface area contributed by atoms with Gasteiger partial charge >= 0.3 is 5.97 Å². The SMILES string of the molecule is CCOC(=O)c1c(-c2cccs2)nsc1-c1ccccc1. The first-order valence-electron chi connectivity index (χ1n) is 6.57. The summed E-state index contributed by atoms with van der Waals surface area (Å²) in [4.78, 5) is 14.2. The molecule has 0 spiro atoms. The predicted octanol–water partition coefficient (Wildman–Crippen LogP) is 4.72. The number of nitrogens with zero attached hydrogens (tertiary/aromatic N) is 1. The highest BCUT2D eigenvalue weighted by Crippen LogP contribution is 2.37. The lowest BCUT2D eigenvalue weighted by molar-refractivity contribution is 0.0528. The summed E-state index contributed by atoms with van der Waals surface area (Å²) >= 11 is 2.91. The summed E-state index contributed by atoms with van der Waals surface area (Å²) in [5, 5.41) is 1.98. The van der Waals surface area contributed by atoms with Crippen LogP contribution in [0, 0.1) is 0 Å². The Balaban J connectivity index is 2.15. The zero-order chi connectivity index (χ0) is 14.7. The maximum Gasteiger partial charge on any atom is 0.341 e. The van der Waals surface area contributed by atoms with Gasteiger partial charge in [-0.25, -0.2) is 4.79 Å². The van der Waals surface area contributed by atoms with E-state index in [0.29, 0.717) is 17.9 Å². The van der Waals surface area contributed by atoms with Crippen LogP contribution in [0.4, 0.5) is 0 Å². The topological polar surface area (TPSA) is 39.2 Å². The Morgan fingerprint density at radius 2 is 2.00 bits per heavy atom. The van der Waals surface area contributed by atoms with Crippen LogP contribution in [-0.4, -0.2) is 16.9 Å². The van der Waals surface area contributed by atoms with Crippen molar-refractivity contribution in [2.24, 2.45) is 0 Å². The first-order valence-corrected chi connectivity index (χ1v) is 8.22. The van der Waals surface area contributed by atoms with Gasteiger partial charge in [0, 0.05) is 0 Å². The van der Waals surface area contributed by atoms with Gasteiger partial charge in [-0.2, -0.15) is 4.37 Å². The second-order valence-corrected chi connectivity index (χ2v) is 6.02. The summed E-state index contributed by atoms with van der Waals surface area (Å²) in [6, 6.07) is 13.7. The lowest BCUT2D eigenvalue weighted by Crippen LogP contribution is -2.06. The minimum absolute atomic E-state index is 0.312. The first-order chi connectivity index (χ1) is 10.3. The molecule has 3 nitrogen and oxygen atoms in total. The molecule has 106 valence electrons. The van der Waals surface area contributed by atoms with Gasteiger partial charge in [-0.3, -0.25) is 0 Å². The Morgan fingerprint density at radius 3 is 2.67 bits per heavy atom. The molecular weight excluding hydrogens is 302 g/mol. The van der Waals surface area contributed by atoms with Crippen LogP contribution in [0.2, 0.25) is 0 Å². The lowest BCUT2D eigenvalue weighted by atomic mass is 10.1. The lowest BCUT2D eigenvalue weighted by Gasteiger charge is -2.05. The number of carbonyl (C=O) groups excluding carboxylic acids is 1. The van der Waals surface area contributed by atoms with Crippen molar-refractivity contribution in [2.45, 2.75) is 6.92 Å². The fourth-order valence-corrected chi connectivity index (χ4v) is 3.71. The second kappa shape index (κ2) is 6.20. The number of hydrogen-bond acceptors (Lipinski definition) is 5. The van der Waals surface area contributed by atoms with Crippen LogP contribution in [0.15, 0.2) is 47.8 Å². The molecule has 2 aromatic heterocycles. The third-order valence-electron chi connectivity index (χ3n) is 2.96. The zero-order valence-electron chi connectivity index (χ0n) is 11.4. The molecule has 0 aliphatic heterocycles. The number of esters is 1. The van der Waals surface area contributed by atoms with Crippen molar-refractivity contribution in [3.63, 3.8) is 0 Å². The molecule has 5 heteroatoms. The fraction of sp³-hybridized carbons (Fsp3) is 0.125. The van der Waals surface area contributed by atoms with E-state index in [9.17, 15) is 4.79 Å². The highest BCUT2D eigenvalue weighted by atomic mass is 32.1. The molecule has 0 saturated heterocycles. The number of aromatic nitrogens is 1. The molecule has 3 rings (SSSR count). The molecule has 0 unspecified atom stereocenters. The van der Waals surface area contributed by atoms with E-state index in [1.165, 1.54) is 11.5 Å². The predicted molar refractivity (Wildman–Crippen MR) is 86.8 cm³/mol. The van der Waals surface area contributed by atoms with E-state index in [4.69, 9.17) is 4.74 Å². The molecule has 0 fully saturated rings. The van der Waals surface area contributed by atoms with Crippen molar-refractivity contribution >= 4 is 28.8 Å². The number of hydrogen-bond donors (Lipinski definition) is 0. The summed E-state index contributed by atoms with van der Waals surface area (Å²) in [7, 11) is 0. The van der Waals surface area contributed by atoms with Crippen LogP contribution in [0.3, 0.4) is 0 Å². The summed E-state index contributed by atoms with van der Waals surface area (Å²) in [6.07, 6.45) is 0. The largest absolute Gasteiger partial charge is 0.462 e. The molecule has 3 aromatic rings. The van der Waals surface area contributed by atoms with Gasteiger partial charge in [-0.1, -0.05) is 36.4 Å². The summed E-state index contributed by atoms with van der Waals surface area (Å²) in [5.74, 6) is -0.312. The minimum atomic E-state index is -0.312. The number of carbonyl (C=O) groups is 1. The molecule has 0 bridgehead atoms. The number of ether oxygens (including phenoxy) is 1. The molecule has 2 heterocycles. The van der Waals surface area contributed by atoms with Gasteiger partial charge in [0.25, 0.3) is 0 Å². The van der Waals surface area contributed by atoms with Crippen LogP contribution < -0.4 is 0 Å². The van der Waals surface area contributed by atoms with Crippen LogP contribution in [0.5, 0.6) is 0 Å². The van der Waals surface area contributed by atoms with E-state index < -0.39 is 0 Å². The van der Waals surface area contributed by atoms with Crippen molar-refractivity contribution in [1.82, 2.24) is 4.37 Å². The van der Waals surface area contributed by atoms with Gasteiger partial charge in [-0.05, 0) is 35.5 Å². The van der Waals surface area contributed by atoms with Crippen molar-refractivity contribution in [3.8, 4) is 21.0 Å². The van der Waals surface area contributed by atoms with Crippen molar-refractivity contribution in [1.29, 1.82) is 0 Å². The molecule has 0 N–H and O–H groups in total. The molecule has 0 atom stereocenters. The zero-order valence-corrected chi connectivity index (χ0v) is 13.0. The molecule has 0 saturated carbocycles. The first kappa shape index (κ1) is 14.0. The Bertz CT molecular complexity index is 733. The second-order valence-electron chi connectivity index (χ2n) is 4.30. The average Bonchev–Trinajstić information content (AvgIpc) is 3.17. The van der Waals surface area contributed by atoms with E-state index in [-0.39, 0.29) is 5.97 Å². The molecule has 0 aliphatic carbocycles. The Kier molecular flexibility index (Phi) is 4.13. The summed E-state index contributed by atoms with van der Waals surface area (Å²) in [5.41, 5.74) is 2.27. The number of thiophene rings is 1. The smallest absolute Gasteiger partial charge is 0.341 e. The molecule has 21 heavy (non-hydrogen) atoms. The molecule has 0 amide bonds. The van der Waals surface area contributed by atoms with Gasteiger partial charge in [0.05, 0.1) is 16.4 Å². The molecular formula is C16H13NO2S2. The van der Waals surface area contributed by atoms with Crippen molar-refractivity contribution < 1.29 is 9.53 Å². The van der Waals surface area contributed by atoms with Gasteiger partial charge in [0.1, 0.15) is 11.3 Å². The maximum absolute atomic E-state index is 12.4. The number of rotatable bonds is 4. The summed E-state index contributed by atoms with van der Waals surface area (Å²) < 4.78 is 9.71. The minimum Gasteiger partial charge on any atom is -0.462 e.